The molecule has 1 aromatic carbocycles. The van der Waals surface area contributed by atoms with Crippen LogP contribution in [-0.4, -0.2) is 81.3 Å². The molecule has 0 bridgehead atoms. The van der Waals surface area contributed by atoms with Gasteiger partial charge in [-0.1, -0.05) is 42.5 Å². The van der Waals surface area contributed by atoms with Crippen molar-refractivity contribution >= 4 is 12.2 Å². The van der Waals surface area contributed by atoms with Crippen LogP contribution in [0, 0.1) is 0 Å². The molecule has 0 aliphatic carbocycles. The average molecular weight is 440 g/mol. The molecular weight excluding hydrogens is 410 g/mol. The van der Waals surface area contributed by atoms with E-state index in [9.17, 15) is 9.59 Å². The third-order valence-electron chi connectivity index (χ3n) is 4.89. The Morgan fingerprint density at radius 3 is 2.81 bits per heavy atom. The summed E-state index contributed by atoms with van der Waals surface area (Å²) in [7, 11) is 3.85. The number of hydrazine groups is 1. The van der Waals surface area contributed by atoms with Gasteiger partial charge in [0.15, 0.2) is 0 Å². The second kappa shape index (κ2) is 11.2. The van der Waals surface area contributed by atoms with Crippen molar-refractivity contribution in [3.63, 3.8) is 0 Å². The molecule has 3 rings (SSSR count). The summed E-state index contributed by atoms with van der Waals surface area (Å²) in [6.07, 6.45) is 8.17. The summed E-state index contributed by atoms with van der Waals surface area (Å²) >= 11 is 0. The Labute approximate surface area is 187 Å². The minimum Gasteiger partial charge on any atom is -0.392 e. The predicted octanol–water partition coefficient (Wildman–Crippen LogP) is 0.154. The molecule has 1 aliphatic rings. The maximum absolute atomic E-state index is 12.5. The van der Waals surface area contributed by atoms with Gasteiger partial charge in [0.1, 0.15) is 18.4 Å². The minimum atomic E-state index is -0.680. The molecule has 3 N–H and O–H groups in total. The second-order valence-corrected chi connectivity index (χ2v) is 7.59. The van der Waals surface area contributed by atoms with Gasteiger partial charge in [-0.05, 0) is 18.1 Å². The number of aromatic nitrogens is 3. The van der Waals surface area contributed by atoms with Gasteiger partial charge >= 0.3 is 0 Å². The molecule has 0 spiro atoms. The van der Waals surface area contributed by atoms with Crippen molar-refractivity contribution in [3.05, 3.63) is 72.1 Å². The molecule has 0 fully saturated rings. The van der Waals surface area contributed by atoms with Gasteiger partial charge in [0.05, 0.1) is 25.2 Å². The van der Waals surface area contributed by atoms with Crippen LogP contribution in [0.1, 0.15) is 22.6 Å². The number of aldehydes is 1. The van der Waals surface area contributed by atoms with Gasteiger partial charge in [-0.15, -0.1) is 5.10 Å². The fourth-order valence-corrected chi connectivity index (χ4v) is 3.33. The molecule has 2 heterocycles. The number of amides is 1. The number of nitrogens with one attached hydrogen (secondary N) is 2. The van der Waals surface area contributed by atoms with Gasteiger partial charge in [0.2, 0.25) is 5.82 Å². The first-order valence-electron chi connectivity index (χ1n) is 10.4. The molecule has 2 aromatic rings. The summed E-state index contributed by atoms with van der Waals surface area (Å²) in [5.74, 6) is 0.473. The highest BCUT2D eigenvalue weighted by atomic mass is 16.2. The highest BCUT2D eigenvalue weighted by Crippen LogP contribution is 2.15. The van der Waals surface area contributed by atoms with Crippen molar-refractivity contribution in [2.45, 2.75) is 25.0 Å². The molecule has 2 atom stereocenters. The van der Waals surface area contributed by atoms with Crippen LogP contribution < -0.4 is 10.7 Å². The molecule has 1 amide bonds. The zero-order valence-corrected chi connectivity index (χ0v) is 18.3. The third-order valence-corrected chi connectivity index (χ3v) is 4.89. The fraction of sp³-hybridized carbons (Fsp3) is 0.364. The molecule has 1 aromatic heterocycles. The lowest BCUT2D eigenvalue weighted by atomic mass is 10.2. The van der Waals surface area contributed by atoms with Crippen LogP contribution >= 0.6 is 0 Å². The first-order chi connectivity index (χ1) is 15.5. The van der Waals surface area contributed by atoms with Crippen LogP contribution in [0.2, 0.25) is 0 Å². The van der Waals surface area contributed by atoms with Gasteiger partial charge in [-0.2, -0.15) is 0 Å². The van der Waals surface area contributed by atoms with Gasteiger partial charge in [-0.3, -0.25) is 9.80 Å². The number of aliphatic hydroxyl groups excluding tert-OH is 1. The molecule has 10 heteroatoms. The van der Waals surface area contributed by atoms with Crippen molar-refractivity contribution in [1.29, 1.82) is 0 Å². The predicted molar refractivity (Wildman–Crippen MR) is 119 cm³/mol. The van der Waals surface area contributed by atoms with Crippen LogP contribution in [0.15, 0.2) is 60.7 Å². The van der Waals surface area contributed by atoms with Crippen LogP contribution in [0.4, 0.5) is 0 Å². The Morgan fingerprint density at radius 2 is 2.12 bits per heavy atom. The first kappa shape index (κ1) is 23.2. The van der Waals surface area contributed by atoms with Crippen molar-refractivity contribution in [2.75, 3.05) is 27.2 Å². The molecular formula is C22H29N7O3. The van der Waals surface area contributed by atoms with Gasteiger partial charge < -0.3 is 20.1 Å². The van der Waals surface area contributed by atoms with Crippen LogP contribution in [-0.2, 0) is 11.3 Å². The van der Waals surface area contributed by atoms with E-state index >= 15 is 0 Å². The fourth-order valence-electron chi connectivity index (χ4n) is 3.33. The largest absolute Gasteiger partial charge is 0.392 e. The molecule has 1 aliphatic heterocycles. The number of rotatable bonds is 11. The first-order valence-corrected chi connectivity index (χ1v) is 10.4. The Kier molecular flexibility index (Phi) is 8.12. The highest BCUT2D eigenvalue weighted by Gasteiger charge is 2.24. The number of carbonyl (C=O) groups excluding carboxylic acids is 2. The van der Waals surface area contributed by atoms with E-state index in [1.165, 1.54) is 6.33 Å². The van der Waals surface area contributed by atoms with E-state index in [-0.39, 0.29) is 18.5 Å². The second-order valence-electron chi connectivity index (χ2n) is 7.59. The summed E-state index contributed by atoms with van der Waals surface area (Å²) in [6.45, 7) is 0.967. The highest BCUT2D eigenvalue weighted by molar-refractivity contribution is 5.92. The Balaban J connectivity index is 1.54. The lowest BCUT2D eigenvalue weighted by Crippen LogP contribution is -2.44. The van der Waals surface area contributed by atoms with Crippen molar-refractivity contribution in [1.82, 2.24) is 35.4 Å². The number of hydrogen-bond acceptors (Lipinski definition) is 8. The summed E-state index contributed by atoms with van der Waals surface area (Å²) in [5.41, 5.74) is 4.34. The number of aliphatic hydroxyl groups is 1. The molecule has 0 saturated carbocycles. The topological polar surface area (TPSA) is 116 Å². The SMILES string of the molecule is CN(C)C1=CC(/C=C/CO)NN1CCC(C=O)NC(=O)c1ncn(Cc2ccccc2)n1. The molecule has 32 heavy (non-hydrogen) atoms. The lowest BCUT2D eigenvalue weighted by molar-refractivity contribution is -0.109. The van der Waals surface area contributed by atoms with E-state index in [1.807, 2.05) is 66.5 Å². The quantitative estimate of drug-likeness (QED) is 0.335. The summed E-state index contributed by atoms with van der Waals surface area (Å²) in [5, 5.41) is 17.8. The van der Waals surface area contributed by atoms with E-state index in [1.54, 1.807) is 10.8 Å². The third kappa shape index (κ3) is 6.25. The van der Waals surface area contributed by atoms with Gasteiger partial charge in [-0.25, -0.2) is 15.1 Å². The van der Waals surface area contributed by atoms with E-state index in [0.717, 1.165) is 17.7 Å². The normalized spacial score (nSPS) is 16.8. The Hall–Kier alpha value is -3.50. The van der Waals surface area contributed by atoms with Crippen molar-refractivity contribution < 1.29 is 14.7 Å². The Bertz CT molecular complexity index is 955. The zero-order valence-electron chi connectivity index (χ0n) is 18.3. The van der Waals surface area contributed by atoms with Gasteiger partial charge in [0, 0.05) is 20.6 Å². The van der Waals surface area contributed by atoms with Crippen LogP contribution in [0.3, 0.4) is 0 Å². The smallest absolute Gasteiger partial charge is 0.291 e. The van der Waals surface area contributed by atoms with Crippen molar-refractivity contribution in [2.24, 2.45) is 0 Å². The van der Waals surface area contributed by atoms with E-state index in [4.69, 9.17) is 5.11 Å². The zero-order chi connectivity index (χ0) is 22.9. The van der Waals surface area contributed by atoms with Crippen molar-refractivity contribution in [3.8, 4) is 0 Å². The van der Waals surface area contributed by atoms with E-state index in [0.29, 0.717) is 19.5 Å². The van der Waals surface area contributed by atoms with Crippen LogP contribution in [0.5, 0.6) is 0 Å². The van der Waals surface area contributed by atoms with E-state index < -0.39 is 11.9 Å². The molecule has 2 unspecified atom stereocenters. The molecule has 0 radical (unpaired) electrons. The maximum atomic E-state index is 12.5. The summed E-state index contributed by atoms with van der Waals surface area (Å²) < 4.78 is 1.59. The van der Waals surface area contributed by atoms with Crippen LogP contribution in [0.25, 0.3) is 0 Å². The lowest BCUT2D eigenvalue weighted by Gasteiger charge is -2.28. The molecule has 10 nitrogen and oxygen atoms in total. The van der Waals surface area contributed by atoms with E-state index in [2.05, 4.69) is 20.8 Å². The minimum absolute atomic E-state index is 0.0233. The number of benzene rings is 1. The van der Waals surface area contributed by atoms with Gasteiger partial charge in [0.25, 0.3) is 5.91 Å². The number of carbonyl (C=O) groups is 2. The maximum Gasteiger partial charge on any atom is 0.291 e. The molecule has 0 saturated heterocycles. The number of nitrogens with zero attached hydrogens (tertiary/aromatic N) is 5. The Morgan fingerprint density at radius 1 is 1.34 bits per heavy atom. The molecule has 170 valence electrons. The summed E-state index contributed by atoms with van der Waals surface area (Å²) in [6, 6.07) is 9.01. The summed E-state index contributed by atoms with van der Waals surface area (Å²) in [4.78, 5) is 30.1. The standard InChI is InChI=1S/C22H29N7O3/c1-27(2)20-13-18(9-6-12-30)25-29(20)11-10-19(15-31)24-22(32)21-23-16-28(26-21)14-17-7-4-3-5-8-17/h3-9,13,15-16,18-19,25,30H,10-12,14H2,1-2H3,(H,24,32)/b9-6+. The average Bonchev–Trinajstić information content (AvgIpc) is 3.43. The number of hydrogen-bond donors (Lipinski definition) is 3. The monoisotopic (exact) mass is 439 g/mol.